The zero-order chi connectivity index (χ0) is 12.7. The van der Waals surface area contributed by atoms with Crippen LogP contribution in [0.5, 0.6) is 0 Å². The Labute approximate surface area is 99.9 Å². The Morgan fingerprint density at radius 1 is 1.53 bits per heavy atom. The second kappa shape index (κ2) is 6.32. The maximum Gasteiger partial charge on any atom is 0.316 e. The van der Waals surface area contributed by atoms with Gasteiger partial charge in [0.1, 0.15) is 6.61 Å². The van der Waals surface area contributed by atoms with Crippen LogP contribution in [-0.4, -0.2) is 18.3 Å². The molecule has 1 aromatic carbocycles. The fourth-order valence-electron chi connectivity index (χ4n) is 1.18. The quantitative estimate of drug-likeness (QED) is 0.353. The molecule has 0 fully saturated rings. The van der Waals surface area contributed by atoms with E-state index in [2.05, 4.69) is 17.1 Å². The molecule has 0 radical (unpaired) electrons. The summed E-state index contributed by atoms with van der Waals surface area (Å²) in [5.74, 6) is 0. The summed E-state index contributed by atoms with van der Waals surface area (Å²) in [5.41, 5.74) is 7.29. The van der Waals surface area contributed by atoms with E-state index in [1.165, 1.54) is 0 Å². The first-order chi connectivity index (χ1) is 8.13. The van der Waals surface area contributed by atoms with Crippen LogP contribution in [0.15, 0.2) is 42.1 Å². The lowest BCUT2D eigenvalue weighted by Crippen LogP contribution is -2.19. The number of oxime groups is 1. The number of carbonyl (C=O) groups excluding carboxylic acids is 1. The van der Waals surface area contributed by atoms with Gasteiger partial charge >= 0.3 is 6.03 Å². The molecule has 90 valence electrons. The molecule has 0 unspecified atom stereocenters. The minimum absolute atomic E-state index is 0.374. The van der Waals surface area contributed by atoms with Gasteiger partial charge in [-0.1, -0.05) is 29.9 Å². The number of hydrogen-bond acceptors (Lipinski definition) is 3. The summed E-state index contributed by atoms with van der Waals surface area (Å²) in [7, 11) is 0. The van der Waals surface area contributed by atoms with Gasteiger partial charge in [-0.15, -0.1) is 0 Å². The predicted octanol–water partition coefficient (Wildman–Crippen LogP) is 2.10. The molecule has 5 nitrogen and oxygen atoms in total. The smallest absolute Gasteiger partial charge is 0.316 e. The average molecular weight is 233 g/mol. The van der Waals surface area contributed by atoms with Crippen LogP contribution < -0.4 is 11.1 Å². The van der Waals surface area contributed by atoms with Crippen molar-refractivity contribution in [1.29, 1.82) is 0 Å². The van der Waals surface area contributed by atoms with Crippen molar-refractivity contribution < 1.29 is 9.63 Å². The molecular weight excluding hydrogens is 218 g/mol. The van der Waals surface area contributed by atoms with Gasteiger partial charge in [0.25, 0.3) is 0 Å². The molecule has 1 rings (SSSR count). The standard InChI is InChI=1S/C12H15N3O2/c1-3-8-17-15-9(2)10-4-6-11(7-5-10)14-12(13)16/h3-7H,1,8H2,2H3,(H3,13,14,16). The summed E-state index contributed by atoms with van der Waals surface area (Å²) < 4.78 is 0. The minimum Gasteiger partial charge on any atom is -0.391 e. The molecule has 0 atom stereocenters. The highest BCUT2D eigenvalue weighted by Gasteiger charge is 1.99. The fourth-order valence-corrected chi connectivity index (χ4v) is 1.18. The highest BCUT2D eigenvalue weighted by Crippen LogP contribution is 2.10. The third-order valence-corrected chi connectivity index (χ3v) is 1.96. The van der Waals surface area contributed by atoms with Crippen molar-refractivity contribution in [1.82, 2.24) is 0 Å². The molecule has 5 heteroatoms. The first-order valence-electron chi connectivity index (χ1n) is 5.08. The first-order valence-corrected chi connectivity index (χ1v) is 5.08. The second-order valence-electron chi connectivity index (χ2n) is 3.33. The normalized spacial score (nSPS) is 10.8. The predicted molar refractivity (Wildman–Crippen MR) is 68.0 cm³/mol. The molecular formula is C12H15N3O2. The molecule has 0 aliphatic heterocycles. The van der Waals surface area contributed by atoms with Gasteiger partial charge in [0, 0.05) is 5.69 Å². The Morgan fingerprint density at radius 2 is 2.18 bits per heavy atom. The SMILES string of the molecule is C=CCON=C(C)c1ccc(NC(N)=O)cc1. The summed E-state index contributed by atoms with van der Waals surface area (Å²) in [6.07, 6.45) is 1.62. The van der Waals surface area contributed by atoms with Crippen molar-refractivity contribution in [3.05, 3.63) is 42.5 Å². The minimum atomic E-state index is -0.586. The van der Waals surface area contributed by atoms with E-state index >= 15 is 0 Å². The number of urea groups is 1. The topological polar surface area (TPSA) is 76.7 Å². The second-order valence-corrected chi connectivity index (χ2v) is 3.33. The fraction of sp³-hybridized carbons (Fsp3) is 0.167. The lowest BCUT2D eigenvalue weighted by Gasteiger charge is -2.04. The van der Waals surface area contributed by atoms with Gasteiger partial charge in [0.2, 0.25) is 0 Å². The van der Waals surface area contributed by atoms with E-state index < -0.39 is 6.03 Å². The molecule has 0 aliphatic rings. The van der Waals surface area contributed by atoms with Gasteiger partial charge in [-0.05, 0) is 24.6 Å². The summed E-state index contributed by atoms with van der Waals surface area (Å²) in [4.78, 5) is 15.6. The maximum atomic E-state index is 10.6. The largest absolute Gasteiger partial charge is 0.391 e. The van der Waals surface area contributed by atoms with E-state index in [0.29, 0.717) is 12.3 Å². The molecule has 3 N–H and O–H groups in total. The zero-order valence-corrected chi connectivity index (χ0v) is 9.64. The van der Waals surface area contributed by atoms with E-state index in [1.54, 1.807) is 18.2 Å². The van der Waals surface area contributed by atoms with Crippen molar-refractivity contribution in [2.75, 3.05) is 11.9 Å². The number of carbonyl (C=O) groups is 1. The number of hydrogen-bond donors (Lipinski definition) is 2. The summed E-state index contributed by atoms with van der Waals surface area (Å²) in [6.45, 7) is 5.73. The van der Waals surface area contributed by atoms with E-state index in [4.69, 9.17) is 10.6 Å². The molecule has 1 aromatic rings. The molecule has 0 heterocycles. The number of nitrogens with one attached hydrogen (secondary N) is 1. The number of nitrogens with zero attached hydrogens (tertiary/aromatic N) is 1. The van der Waals surface area contributed by atoms with Crippen LogP contribution in [0, 0.1) is 0 Å². The Kier molecular flexibility index (Phi) is 4.75. The van der Waals surface area contributed by atoms with Crippen LogP contribution in [0.4, 0.5) is 10.5 Å². The lowest BCUT2D eigenvalue weighted by atomic mass is 10.1. The molecule has 2 amide bonds. The number of amides is 2. The van der Waals surface area contributed by atoms with Crippen molar-refractivity contribution in [3.8, 4) is 0 Å². The third-order valence-electron chi connectivity index (χ3n) is 1.96. The first kappa shape index (κ1) is 12.8. The van der Waals surface area contributed by atoms with Gasteiger partial charge in [-0.25, -0.2) is 4.79 Å². The Morgan fingerprint density at radius 3 is 2.71 bits per heavy atom. The van der Waals surface area contributed by atoms with Crippen LogP contribution >= 0.6 is 0 Å². The monoisotopic (exact) mass is 233 g/mol. The van der Waals surface area contributed by atoms with Gasteiger partial charge in [-0.2, -0.15) is 0 Å². The Hall–Kier alpha value is -2.30. The summed E-state index contributed by atoms with van der Waals surface area (Å²) in [5, 5.41) is 6.39. The molecule has 0 bridgehead atoms. The summed E-state index contributed by atoms with van der Waals surface area (Å²) >= 11 is 0. The van der Waals surface area contributed by atoms with Gasteiger partial charge in [0.15, 0.2) is 0 Å². The molecule has 0 aliphatic carbocycles. The van der Waals surface area contributed by atoms with Crippen molar-refractivity contribution >= 4 is 17.4 Å². The Balaban J connectivity index is 2.69. The van der Waals surface area contributed by atoms with Gasteiger partial charge in [-0.3, -0.25) is 0 Å². The molecule has 0 saturated carbocycles. The van der Waals surface area contributed by atoms with E-state index in [-0.39, 0.29) is 0 Å². The lowest BCUT2D eigenvalue weighted by molar-refractivity contribution is 0.175. The number of primary amides is 1. The molecule has 0 saturated heterocycles. The number of anilines is 1. The van der Waals surface area contributed by atoms with Crippen molar-refractivity contribution in [2.45, 2.75) is 6.92 Å². The van der Waals surface area contributed by atoms with Gasteiger partial charge in [0.05, 0.1) is 5.71 Å². The number of benzene rings is 1. The van der Waals surface area contributed by atoms with Crippen LogP contribution in [0.2, 0.25) is 0 Å². The van der Waals surface area contributed by atoms with E-state index in [0.717, 1.165) is 11.3 Å². The molecule has 0 spiro atoms. The molecule has 17 heavy (non-hydrogen) atoms. The van der Waals surface area contributed by atoms with Crippen molar-refractivity contribution in [2.24, 2.45) is 10.9 Å². The van der Waals surface area contributed by atoms with Crippen LogP contribution in [-0.2, 0) is 4.84 Å². The molecule has 0 aromatic heterocycles. The summed E-state index contributed by atoms with van der Waals surface area (Å²) in [6, 6.07) is 6.54. The Bertz CT molecular complexity index is 424. The van der Waals surface area contributed by atoms with E-state index in [9.17, 15) is 4.79 Å². The zero-order valence-electron chi connectivity index (χ0n) is 9.64. The van der Waals surface area contributed by atoms with Crippen molar-refractivity contribution in [3.63, 3.8) is 0 Å². The van der Waals surface area contributed by atoms with E-state index in [1.807, 2.05) is 19.1 Å². The number of rotatable bonds is 5. The number of nitrogens with two attached hydrogens (primary N) is 1. The van der Waals surface area contributed by atoms with Gasteiger partial charge < -0.3 is 15.9 Å². The van der Waals surface area contributed by atoms with Crippen LogP contribution in [0.1, 0.15) is 12.5 Å². The maximum absolute atomic E-state index is 10.6. The van der Waals surface area contributed by atoms with Crippen LogP contribution in [0.25, 0.3) is 0 Å². The highest BCUT2D eigenvalue weighted by molar-refractivity contribution is 5.99. The highest BCUT2D eigenvalue weighted by atomic mass is 16.6. The third kappa shape index (κ3) is 4.38. The van der Waals surface area contributed by atoms with Crippen LogP contribution in [0.3, 0.4) is 0 Å². The average Bonchev–Trinajstić information content (AvgIpc) is 2.29.